The molecule has 3 N–H and O–H groups in total. The number of benzene rings is 1. The number of fused-ring (bicyclic) bond motifs is 5. The molecule has 2 aliphatic heterocycles. The Labute approximate surface area is 393 Å². The van der Waals surface area contributed by atoms with E-state index in [4.69, 9.17) is 28.2 Å². The van der Waals surface area contributed by atoms with Crippen LogP contribution in [-0.2, 0) is 49.2 Å². The van der Waals surface area contributed by atoms with Crippen LogP contribution < -0.4 is 24.8 Å². The van der Waals surface area contributed by atoms with E-state index in [0.717, 1.165) is 50.3 Å². The predicted octanol–water partition coefficient (Wildman–Crippen LogP) is 6.63. The Morgan fingerprint density at radius 3 is 2.46 bits per heavy atom. The Kier molecular flexibility index (Phi) is 15.3. The van der Waals surface area contributed by atoms with Crippen LogP contribution in [0.2, 0.25) is 0 Å². The summed E-state index contributed by atoms with van der Waals surface area (Å²) in [7, 11) is -7.27. The lowest BCUT2D eigenvalue weighted by atomic mass is 9.96. The number of carbonyl (C=O) groups is 4. The van der Waals surface area contributed by atoms with Crippen molar-refractivity contribution in [1.29, 1.82) is 0 Å². The Bertz CT molecular complexity index is 2360. The van der Waals surface area contributed by atoms with Gasteiger partial charge in [0.1, 0.15) is 35.6 Å². The van der Waals surface area contributed by atoms with Crippen molar-refractivity contribution >= 4 is 52.3 Å². The Balaban J connectivity index is 1.14. The molecule has 5 fully saturated rings. The molecule has 6 aliphatic rings. The van der Waals surface area contributed by atoms with E-state index in [1.54, 1.807) is 13.8 Å². The summed E-state index contributed by atoms with van der Waals surface area (Å²) < 4.78 is 72.0. The third-order valence-corrected chi connectivity index (χ3v) is 18.2. The molecular formula is C48H66N5O12PS. The molecule has 1 saturated heterocycles. The van der Waals surface area contributed by atoms with Crippen LogP contribution in [-0.4, -0.2) is 110 Å². The third-order valence-electron chi connectivity index (χ3n) is 14.2. The molecule has 0 spiro atoms. The fraction of sp³-hybridized carbons (Fsp3) is 0.646. The van der Waals surface area contributed by atoms with Crippen molar-refractivity contribution in [2.75, 3.05) is 32.5 Å². The zero-order valence-corrected chi connectivity index (χ0v) is 40.4. The van der Waals surface area contributed by atoms with Gasteiger partial charge in [-0.1, -0.05) is 43.2 Å². The number of pyridine rings is 1. The van der Waals surface area contributed by atoms with Gasteiger partial charge in [0, 0.05) is 17.7 Å². The number of allylic oxidation sites excluding steroid dienone is 2. The Morgan fingerprint density at radius 2 is 1.75 bits per heavy atom. The number of alkyl carbamates (subject to hydrolysis) is 1. The first-order valence-electron chi connectivity index (χ1n) is 24.3. The van der Waals surface area contributed by atoms with Crippen LogP contribution in [0.3, 0.4) is 0 Å². The first kappa shape index (κ1) is 48.9. The number of amides is 4. The van der Waals surface area contributed by atoms with Crippen molar-refractivity contribution < 1.29 is 55.4 Å². The van der Waals surface area contributed by atoms with Gasteiger partial charge in [-0.25, -0.2) is 18.2 Å². The summed E-state index contributed by atoms with van der Waals surface area (Å²) in [6, 6.07) is 5.35. The van der Waals surface area contributed by atoms with Crippen molar-refractivity contribution in [1.82, 2.24) is 25.2 Å². The van der Waals surface area contributed by atoms with E-state index in [9.17, 15) is 27.4 Å². The van der Waals surface area contributed by atoms with Crippen LogP contribution in [0.15, 0.2) is 49.1 Å². The van der Waals surface area contributed by atoms with E-state index in [1.165, 1.54) is 11.0 Å². The van der Waals surface area contributed by atoms with E-state index < -0.39 is 76.3 Å². The molecule has 4 saturated carbocycles. The van der Waals surface area contributed by atoms with Crippen molar-refractivity contribution in [3.63, 3.8) is 0 Å². The number of rotatable bonds is 16. The number of ether oxygens (including phenoxy) is 3. The normalized spacial score (nSPS) is 28.8. The van der Waals surface area contributed by atoms with Crippen LogP contribution in [0, 0.1) is 17.8 Å². The topological polar surface area (TPSA) is 218 Å². The number of aromatic nitrogens is 1. The minimum atomic E-state index is -3.94. The molecular weight excluding hydrogens is 902 g/mol. The van der Waals surface area contributed by atoms with Gasteiger partial charge in [-0.3, -0.25) is 23.7 Å². The van der Waals surface area contributed by atoms with Gasteiger partial charge < -0.3 is 38.8 Å². The van der Waals surface area contributed by atoms with Crippen LogP contribution >= 0.6 is 7.60 Å². The smallest absolute Gasteiger partial charge is 0.408 e. The van der Waals surface area contributed by atoms with E-state index in [1.807, 2.05) is 30.3 Å². The number of hydrogen-bond acceptors (Lipinski definition) is 13. The highest BCUT2D eigenvalue weighted by Crippen LogP contribution is 2.49. The highest BCUT2D eigenvalue weighted by atomic mass is 32.2. The molecule has 17 nitrogen and oxygen atoms in total. The lowest BCUT2D eigenvalue weighted by Gasteiger charge is -2.32. The Hall–Kier alpha value is -4.51. The molecule has 0 unspecified atom stereocenters. The molecule has 19 heteroatoms. The van der Waals surface area contributed by atoms with Gasteiger partial charge in [0.2, 0.25) is 27.7 Å². The number of carbonyl (C=O) groups excluding carboxylic acids is 4. The van der Waals surface area contributed by atoms with Crippen LogP contribution in [0.5, 0.6) is 11.6 Å². The molecule has 2 bridgehead atoms. The first-order valence-corrected chi connectivity index (χ1v) is 27.6. The number of sulfonamides is 1. The van der Waals surface area contributed by atoms with Crippen molar-refractivity contribution in [2.45, 2.75) is 145 Å². The summed E-state index contributed by atoms with van der Waals surface area (Å²) in [4.78, 5) is 63.8. The quantitative estimate of drug-likeness (QED) is 0.0915. The standard InChI is InChI=1S/C48H66N5O12PS/c1-4-33-29-48(33,46(56)52-67(59,60)35-24-25-35)51-43(54)39-28-34-30-53(39)45(55)41(32-17-10-11-18-32)50-47(57)65-40-23-14-19-31(40)16-8-7-9-21-37-42(36-20-12-13-22-38(36)49-44(37)64-34)61-26-15-27-66(58,62-5-2)63-6-3/h4,7,9,12-13,20,22,31-35,39-41H,1,5-6,8,10-11,14-19,21,23-30H2,2-3H3,(H,50,57)(H,51,54)(H,52,56)/b9-7-/t31-,33-,34-,39+,40-,41+,48-/m1/s1. The Morgan fingerprint density at radius 1 is 1.00 bits per heavy atom. The van der Waals surface area contributed by atoms with E-state index in [0.29, 0.717) is 55.4 Å². The molecule has 0 radical (unpaired) electrons. The van der Waals surface area contributed by atoms with Gasteiger partial charge in [0.25, 0.3) is 5.91 Å². The monoisotopic (exact) mass is 967 g/mol. The highest BCUT2D eigenvalue weighted by Gasteiger charge is 2.62. The van der Waals surface area contributed by atoms with Crippen LogP contribution in [0.1, 0.15) is 109 Å². The summed E-state index contributed by atoms with van der Waals surface area (Å²) in [6.45, 7) is 7.99. The van der Waals surface area contributed by atoms with Crippen LogP contribution in [0.4, 0.5) is 4.79 Å². The highest BCUT2D eigenvalue weighted by molar-refractivity contribution is 7.91. The molecule has 67 heavy (non-hydrogen) atoms. The largest absolute Gasteiger partial charge is 0.492 e. The molecule has 1 aromatic heterocycles. The lowest BCUT2D eigenvalue weighted by molar-refractivity contribution is -0.142. The van der Waals surface area contributed by atoms with E-state index >= 15 is 4.79 Å². The van der Waals surface area contributed by atoms with Gasteiger partial charge in [0.05, 0.1) is 48.9 Å². The predicted molar refractivity (Wildman–Crippen MR) is 250 cm³/mol. The van der Waals surface area contributed by atoms with E-state index in [2.05, 4.69) is 28.0 Å². The maximum absolute atomic E-state index is 15.1. The summed E-state index contributed by atoms with van der Waals surface area (Å²) in [5.74, 6) is -1.80. The second-order valence-electron chi connectivity index (χ2n) is 18.8. The van der Waals surface area contributed by atoms with E-state index in [-0.39, 0.29) is 69.2 Å². The molecule has 4 aliphatic carbocycles. The van der Waals surface area contributed by atoms with Gasteiger partial charge in [-0.05, 0) is 115 Å². The zero-order chi connectivity index (χ0) is 47.3. The molecule has 7 atom stereocenters. The van der Waals surface area contributed by atoms with Gasteiger partial charge in [-0.2, -0.15) is 0 Å². The van der Waals surface area contributed by atoms with Crippen molar-refractivity contribution in [3.05, 3.63) is 54.6 Å². The minimum Gasteiger partial charge on any atom is -0.492 e. The maximum atomic E-state index is 15.1. The molecule has 2 aromatic rings. The van der Waals surface area contributed by atoms with Gasteiger partial charge in [0.15, 0.2) is 0 Å². The number of hydrogen-bond donors (Lipinski definition) is 3. The summed E-state index contributed by atoms with van der Waals surface area (Å²) >= 11 is 0. The number of para-hydroxylation sites is 1. The maximum Gasteiger partial charge on any atom is 0.408 e. The fourth-order valence-electron chi connectivity index (χ4n) is 10.5. The molecule has 8 rings (SSSR count). The lowest BCUT2D eigenvalue weighted by Crippen LogP contribution is -2.59. The molecule has 4 amide bonds. The molecule has 1 aromatic carbocycles. The van der Waals surface area contributed by atoms with Crippen LogP contribution in [0.25, 0.3) is 10.9 Å². The summed E-state index contributed by atoms with van der Waals surface area (Å²) in [5.41, 5.74) is -0.348. The molecule has 366 valence electrons. The van der Waals surface area contributed by atoms with Gasteiger partial charge in [-0.15, -0.1) is 6.58 Å². The third kappa shape index (κ3) is 11.2. The second kappa shape index (κ2) is 21.0. The van der Waals surface area contributed by atoms with Crippen molar-refractivity contribution in [3.8, 4) is 11.6 Å². The average Bonchev–Trinajstić information content (AvgIpc) is 4.09. The van der Waals surface area contributed by atoms with Gasteiger partial charge >= 0.3 is 13.7 Å². The first-order chi connectivity index (χ1) is 32.3. The summed E-state index contributed by atoms with van der Waals surface area (Å²) in [6.07, 6.45) is 13.0. The van der Waals surface area contributed by atoms with Crippen molar-refractivity contribution in [2.24, 2.45) is 17.8 Å². The second-order valence-corrected chi connectivity index (χ2v) is 23.0. The SMILES string of the molecule is C=C[C@@H]1C[C@]1(NC(=O)[C@@H]1C[C@@H]2CN1C(=O)[C@H](C1CCCC1)NC(=O)O[C@@H]1CCC[C@H]1CC/C=C\Cc1c(nc3ccccc3c1OCCCP(=O)(OCC)OCC)O2)C(=O)NS(=O)(=O)C1CC1. The number of nitrogens with one attached hydrogen (secondary N) is 3. The fourth-order valence-corrected chi connectivity index (χ4v) is 13.5. The zero-order valence-electron chi connectivity index (χ0n) is 38.7. The minimum absolute atomic E-state index is 0.00981. The molecule has 3 heterocycles. The average molecular weight is 968 g/mol. The summed E-state index contributed by atoms with van der Waals surface area (Å²) in [5, 5.41) is 5.90. The number of nitrogens with zero attached hydrogens (tertiary/aromatic N) is 2.